The Hall–Kier alpha value is -2.48. The van der Waals surface area contributed by atoms with Crippen LogP contribution >= 0.6 is 11.6 Å². The van der Waals surface area contributed by atoms with Gasteiger partial charge in [0.05, 0.1) is 10.9 Å². The Labute approximate surface area is 161 Å². The van der Waals surface area contributed by atoms with Crippen LogP contribution in [0.4, 0.5) is 5.82 Å². The molecule has 0 aliphatic carbocycles. The number of pyridine rings is 1. The zero-order chi connectivity index (χ0) is 19.4. The van der Waals surface area contributed by atoms with Gasteiger partial charge in [-0.1, -0.05) is 11.6 Å². The van der Waals surface area contributed by atoms with Gasteiger partial charge in [0.2, 0.25) is 23.6 Å². The van der Waals surface area contributed by atoms with E-state index in [2.05, 4.69) is 10.3 Å². The summed E-state index contributed by atoms with van der Waals surface area (Å²) in [6, 6.07) is 3.26. The van der Waals surface area contributed by atoms with Crippen LogP contribution in [0.15, 0.2) is 18.3 Å². The summed E-state index contributed by atoms with van der Waals surface area (Å²) in [4.78, 5) is 55.0. The van der Waals surface area contributed by atoms with Crippen LogP contribution in [-0.4, -0.2) is 58.0 Å². The summed E-state index contributed by atoms with van der Waals surface area (Å²) in [5.74, 6) is -0.690. The van der Waals surface area contributed by atoms with Crippen LogP contribution in [0.2, 0.25) is 5.02 Å². The van der Waals surface area contributed by atoms with Gasteiger partial charge in [-0.25, -0.2) is 4.98 Å². The van der Waals surface area contributed by atoms with Gasteiger partial charge in [0.1, 0.15) is 5.82 Å². The number of halogens is 1. The molecule has 2 aliphatic rings. The molecule has 0 bridgehead atoms. The Morgan fingerprint density at radius 2 is 1.96 bits per heavy atom. The fourth-order valence-corrected chi connectivity index (χ4v) is 3.45. The van der Waals surface area contributed by atoms with Crippen molar-refractivity contribution in [2.24, 2.45) is 5.92 Å². The van der Waals surface area contributed by atoms with E-state index in [1.807, 2.05) is 0 Å². The van der Waals surface area contributed by atoms with E-state index in [0.717, 1.165) is 11.3 Å². The van der Waals surface area contributed by atoms with Crippen molar-refractivity contribution in [3.8, 4) is 0 Å². The van der Waals surface area contributed by atoms with Crippen LogP contribution in [0, 0.1) is 5.92 Å². The van der Waals surface area contributed by atoms with Gasteiger partial charge in [-0.05, 0) is 25.0 Å². The Kier molecular flexibility index (Phi) is 6.05. The van der Waals surface area contributed by atoms with Crippen molar-refractivity contribution < 1.29 is 19.2 Å². The van der Waals surface area contributed by atoms with Crippen LogP contribution in [-0.2, 0) is 19.2 Å². The first kappa shape index (κ1) is 19.3. The van der Waals surface area contributed by atoms with E-state index >= 15 is 0 Å². The monoisotopic (exact) mass is 392 g/mol. The predicted octanol–water partition coefficient (Wildman–Crippen LogP) is 1.45. The van der Waals surface area contributed by atoms with Gasteiger partial charge in [0.15, 0.2) is 0 Å². The van der Waals surface area contributed by atoms with Crippen molar-refractivity contribution in [1.29, 1.82) is 0 Å². The molecule has 1 atom stereocenters. The predicted molar refractivity (Wildman–Crippen MR) is 97.8 cm³/mol. The smallest absolute Gasteiger partial charge is 0.230 e. The number of hydrogen-bond donors (Lipinski definition) is 1. The van der Waals surface area contributed by atoms with E-state index in [0.29, 0.717) is 30.4 Å². The summed E-state index contributed by atoms with van der Waals surface area (Å²) >= 11 is 5.78. The molecule has 0 aromatic carbocycles. The van der Waals surface area contributed by atoms with Gasteiger partial charge in [0, 0.05) is 45.1 Å². The molecular formula is C18H21ClN4O4. The van der Waals surface area contributed by atoms with Crippen LogP contribution in [0.25, 0.3) is 0 Å². The van der Waals surface area contributed by atoms with Crippen molar-refractivity contribution in [1.82, 2.24) is 14.8 Å². The van der Waals surface area contributed by atoms with Gasteiger partial charge >= 0.3 is 0 Å². The number of piperidine rings is 1. The van der Waals surface area contributed by atoms with Gasteiger partial charge < -0.3 is 10.2 Å². The Morgan fingerprint density at radius 1 is 1.22 bits per heavy atom. The number of aromatic nitrogens is 1. The lowest BCUT2D eigenvalue weighted by Crippen LogP contribution is -2.45. The largest absolute Gasteiger partial charge is 0.342 e. The molecule has 2 saturated heterocycles. The van der Waals surface area contributed by atoms with Crippen LogP contribution in [0.5, 0.6) is 0 Å². The molecule has 0 radical (unpaired) electrons. The summed E-state index contributed by atoms with van der Waals surface area (Å²) < 4.78 is 0. The number of amides is 4. The highest BCUT2D eigenvalue weighted by atomic mass is 35.5. The lowest BCUT2D eigenvalue weighted by Gasteiger charge is -2.32. The quantitative estimate of drug-likeness (QED) is 0.764. The van der Waals surface area contributed by atoms with Crippen molar-refractivity contribution >= 4 is 41.0 Å². The van der Waals surface area contributed by atoms with Gasteiger partial charge in [0.25, 0.3) is 0 Å². The summed E-state index contributed by atoms with van der Waals surface area (Å²) in [5, 5.41) is 3.23. The molecule has 1 aromatic heterocycles. The fraction of sp³-hybridized carbons (Fsp3) is 0.500. The molecule has 8 nitrogen and oxygen atoms in total. The fourth-order valence-electron chi connectivity index (χ4n) is 3.33. The Bertz CT molecular complexity index is 736. The highest BCUT2D eigenvalue weighted by molar-refractivity contribution is 6.30. The molecule has 4 amide bonds. The zero-order valence-electron chi connectivity index (χ0n) is 14.8. The zero-order valence-corrected chi connectivity index (χ0v) is 15.6. The maximum absolute atomic E-state index is 12.5. The SMILES string of the molecule is O=C(Nc1ccc(Cl)cn1)C1CCCN(C(=O)CCN2C(=O)CCC2=O)C1. The highest BCUT2D eigenvalue weighted by Crippen LogP contribution is 2.20. The normalized spacial score (nSPS) is 20.1. The first-order valence-electron chi connectivity index (χ1n) is 8.97. The third-order valence-electron chi connectivity index (χ3n) is 4.83. The van der Waals surface area contributed by atoms with E-state index in [9.17, 15) is 19.2 Å². The average Bonchev–Trinajstić information content (AvgIpc) is 2.99. The topological polar surface area (TPSA) is 99.7 Å². The van der Waals surface area contributed by atoms with Gasteiger partial charge in [-0.2, -0.15) is 0 Å². The number of rotatable bonds is 5. The van der Waals surface area contributed by atoms with Crippen LogP contribution in [0.1, 0.15) is 32.1 Å². The molecule has 0 spiro atoms. The minimum Gasteiger partial charge on any atom is -0.342 e. The van der Waals surface area contributed by atoms with Crippen LogP contribution < -0.4 is 5.32 Å². The summed E-state index contributed by atoms with van der Waals surface area (Å²) in [6.45, 7) is 1.00. The number of nitrogens with one attached hydrogen (secondary N) is 1. The van der Waals surface area contributed by atoms with E-state index in [1.54, 1.807) is 17.0 Å². The first-order chi connectivity index (χ1) is 12.9. The van der Waals surface area contributed by atoms with Crippen molar-refractivity contribution in [3.05, 3.63) is 23.4 Å². The third-order valence-corrected chi connectivity index (χ3v) is 5.05. The summed E-state index contributed by atoms with van der Waals surface area (Å²) in [7, 11) is 0. The van der Waals surface area contributed by atoms with Crippen LogP contribution in [0.3, 0.4) is 0 Å². The number of carbonyl (C=O) groups excluding carboxylic acids is 4. The van der Waals surface area contributed by atoms with Crippen molar-refractivity contribution in [2.45, 2.75) is 32.1 Å². The second-order valence-corrected chi connectivity index (χ2v) is 7.16. The molecule has 1 aromatic rings. The lowest BCUT2D eigenvalue weighted by molar-refractivity contribution is -0.139. The Balaban J connectivity index is 1.51. The molecular weight excluding hydrogens is 372 g/mol. The molecule has 0 saturated carbocycles. The van der Waals surface area contributed by atoms with Gasteiger partial charge in [-0.15, -0.1) is 0 Å². The number of anilines is 1. The van der Waals surface area contributed by atoms with E-state index in [1.165, 1.54) is 6.20 Å². The van der Waals surface area contributed by atoms with E-state index in [4.69, 9.17) is 11.6 Å². The molecule has 2 fully saturated rings. The number of likely N-dealkylation sites (tertiary alicyclic amines) is 2. The minimum atomic E-state index is -0.324. The molecule has 27 heavy (non-hydrogen) atoms. The second kappa shape index (κ2) is 8.47. The molecule has 3 rings (SSSR count). The Morgan fingerprint density at radius 3 is 2.63 bits per heavy atom. The summed E-state index contributed by atoms with van der Waals surface area (Å²) in [6.07, 6.45) is 3.39. The molecule has 1 N–H and O–H groups in total. The standard InChI is InChI=1S/C18H21ClN4O4/c19-13-3-4-14(20-10-13)21-18(27)12-2-1-8-22(11-12)15(24)7-9-23-16(25)5-6-17(23)26/h3-4,10,12H,1-2,5-9,11H2,(H,20,21,27). The minimum absolute atomic E-state index is 0.0879. The average molecular weight is 393 g/mol. The molecule has 3 heterocycles. The third kappa shape index (κ3) is 4.82. The van der Waals surface area contributed by atoms with E-state index < -0.39 is 0 Å². The second-order valence-electron chi connectivity index (χ2n) is 6.72. The molecule has 144 valence electrons. The summed E-state index contributed by atoms with van der Waals surface area (Å²) in [5.41, 5.74) is 0. The van der Waals surface area contributed by atoms with E-state index in [-0.39, 0.29) is 55.4 Å². The number of hydrogen-bond acceptors (Lipinski definition) is 5. The maximum Gasteiger partial charge on any atom is 0.230 e. The number of nitrogens with zero attached hydrogens (tertiary/aromatic N) is 3. The maximum atomic E-state index is 12.5. The van der Waals surface area contributed by atoms with Crippen molar-refractivity contribution in [2.75, 3.05) is 25.0 Å². The highest BCUT2D eigenvalue weighted by Gasteiger charge is 2.31. The molecule has 2 aliphatic heterocycles. The van der Waals surface area contributed by atoms with Crippen molar-refractivity contribution in [3.63, 3.8) is 0 Å². The first-order valence-corrected chi connectivity index (χ1v) is 9.35. The van der Waals surface area contributed by atoms with Gasteiger partial charge in [-0.3, -0.25) is 24.1 Å². The number of carbonyl (C=O) groups is 4. The molecule has 1 unspecified atom stereocenters. The lowest BCUT2D eigenvalue weighted by atomic mass is 9.97. The number of imide groups is 1. The molecule has 9 heteroatoms.